The SMILES string of the molecule is CC(C)Oc1cc(C(=O)CCl)c(OC(C)C)cc1Cl. The van der Waals surface area contributed by atoms with Crippen LogP contribution in [0.5, 0.6) is 11.5 Å². The summed E-state index contributed by atoms with van der Waals surface area (Å²) in [6.45, 7) is 7.53. The van der Waals surface area contributed by atoms with Gasteiger partial charge in [0.25, 0.3) is 0 Å². The lowest BCUT2D eigenvalue weighted by Gasteiger charge is -2.17. The van der Waals surface area contributed by atoms with Crippen molar-refractivity contribution >= 4 is 29.0 Å². The minimum Gasteiger partial charge on any atom is -0.490 e. The number of hydrogen-bond acceptors (Lipinski definition) is 3. The van der Waals surface area contributed by atoms with Crippen LogP contribution in [0.15, 0.2) is 12.1 Å². The fraction of sp³-hybridized carbons (Fsp3) is 0.500. The molecule has 19 heavy (non-hydrogen) atoms. The van der Waals surface area contributed by atoms with Gasteiger partial charge >= 0.3 is 0 Å². The minimum absolute atomic E-state index is 0.0340. The lowest BCUT2D eigenvalue weighted by molar-refractivity contribution is 0.101. The van der Waals surface area contributed by atoms with E-state index in [1.165, 1.54) is 0 Å². The molecule has 3 nitrogen and oxygen atoms in total. The molecule has 0 aromatic heterocycles. The van der Waals surface area contributed by atoms with Crippen molar-refractivity contribution in [2.45, 2.75) is 39.9 Å². The van der Waals surface area contributed by atoms with Gasteiger partial charge in [-0.25, -0.2) is 0 Å². The fourth-order valence-corrected chi connectivity index (χ4v) is 1.86. The minimum atomic E-state index is -0.220. The van der Waals surface area contributed by atoms with Crippen molar-refractivity contribution in [1.82, 2.24) is 0 Å². The van der Waals surface area contributed by atoms with Crippen LogP contribution in [0.1, 0.15) is 38.1 Å². The van der Waals surface area contributed by atoms with Crippen LogP contribution in [-0.2, 0) is 0 Å². The summed E-state index contributed by atoms with van der Waals surface area (Å²) in [4.78, 5) is 11.9. The van der Waals surface area contributed by atoms with Crippen LogP contribution < -0.4 is 9.47 Å². The second-order valence-corrected chi connectivity index (χ2v) is 5.34. The summed E-state index contributed by atoms with van der Waals surface area (Å²) in [5, 5.41) is 0.412. The molecule has 0 aliphatic heterocycles. The van der Waals surface area contributed by atoms with Crippen LogP contribution >= 0.6 is 23.2 Å². The van der Waals surface area contributed by atoms with E-state index in [9.17, 15) is 4.79 Å². The van der Waals surface area contributed by atoms with Crippen LogP contribution in [0, 0.1) is 0 Å². The molecule has 1 rings (SSSR count). The number of ketones is 1. The first-order chi connectivity index (χ1) is 8.85. The highest BCUT2D eigenvalue weighted by Crippen LogP contribution is 2.34. The van der Waals surface area contributed by atoms with Crippen LogP contribution in [0.3, 0.4) is 0 Å². The maximum atomic E-state index is 11.9. The highest BCUT2D eigenvalue weighted by Gasteiger charge is 2.18. The second kappa shape index (κ2) is 7.01. The molecular formula is C14H18Cl2O3. The average molecular weight is 305 g/mol. The molecule has 0 amide bonds. The summed E-state index contributed by atoms with van der Waals surface area (Å²) in [6.07, 6.45) is -0.0943. The average Bonchev–Trinajstić information content (AvgIpc) is 2.30. The van der Waals surface area contributed by atoms with E-state index in [2.05, 4.69) is 0 Å². The Hall–Kier alpha value is -0.930. The van der Waals surface area contributed by atoms with Gasteiger partial charge < -0.3 is 9.47 Å². The summed E-state index contributed by atoms with van der Waals surface area (Å²) in [5.41, 5.74) is 0.392. The van der Waals surface area contributed by atoms with Crippen LogP contribution in [-0.4, -0.2) is 23.9 Å². The second-order valence-electron chi connectivity index (χ2n) is 4.67. The first-order valence-corrected chi connectivity index (χ1v) is 7.02. The third kappa shape index (κ3) is 4.59. The Kier molecular flexibility index (Phi) is 5.95. The molecule has 1 aromatic rings. The highest BCUT2D eigenvalue weighted by atomic mass is 35.5. The molecule has 0 unspecified atom stereocenters. The normalized spacial score (nSPS) is 10.9. The molecule has 0 atom stereocenters. The Bertz CT molecular complexity index is 456. The number of rotatable bonds is 6. The number of Topliss-reactive ketones (excluding diaryl/α,β-unsaturated/α-hetero) is 1. The molecule has 106 valence electrons. The topological polar surface area (TPSA) is 35.5 Å². The van der Waals surface area contributed by atoms with E-state index in [1.54, 1.807) is 12.1 Å². The number of halogens is 2. The Labute approximate surface area is 123 Å². The van der Waals surface area contributed by atoms with Gasteiger partial charge in [0.1, 0.15) is 11.5 Å². The molecule has 0 aliphatic rings. The monoisotopic (exact) mass is 304 g/mol. The van der Waals surface area contributed by atoms with E-state index in [1.807, 2.05) is 27.7 Å². The molecule has 0 heterocycles. The van der Waals surface area contributed by atoms with E-state index >= 15 is 0 Å². The number of alkyl halides is 1. The van der Waals surface area contributed by atoms with Gasteiger partial charge in [-0.3, -0.25) is 4.79 Å². The lowest BCUT2D eigenvalue weighted by Crippen LogP contribution is -2.12. The fourth-order valence-electron chi connectivity index (χ4n) is 1.52. The van der Waals surface area contributed by atoms with Crippen molar-refractivity contribution in [1.29, 1.82) is 0 Å². The largest absolute Gasteiger partial charge is 0.490 e. The molecule has 0 spiro atoms. The van der Waals surface area contributed by atoms with E-state index in [0.717, 1.165) is 0 Å². The van der Waals surface area contributed by atoms with Gasteiger partial charge in [-0.05, 0) is 33.8 Å². The first-order valence-electron chi connectivity index (χ1n) is 6.11. The first kappa shape index (κ1) is 16.1. The summed E-state index contributed by atoms with van der Waals surface area (Å²) in [7, 11) is 0. The molecule has 0 fully saturated rings. The standard InChI is InChI=1S/C14H18Cl2O3/c1-8(2)18-13-6-11(16)14(19-9(3)4)5-10(13)12(17)7-15/h5-6,8-9H,7H2,1-4H3. The predicted octanol–water partition coefficient (Wildman–Crippen LogP) is 4.34. The Morgan fingerprint density at radius 3 is 2.11 bits per heavy atom. The molecule has 0 N–H and O–H groups in total. The zero-order valence-electron chi connectivity index (χ0n) is 11.5. The molecule has 0 saturated carbocycles. The Morgan fingerprint density at radius 1 is 1.11 bits per heavy atom. The molecule has 0 bridgehead atoms. The summed E-state index contributed by atoms with van der Waals surface area (Å²) < 4.78 is 11.1. The van der Waals surface area contributed by atoms with E-state index < -0.39 is 0 Å². The van der Waals surface area contributed by atoms with Crippen molar-refractivity contribution in [2.24, 2.45) is 0 Å². The van der Waals surface area contributed by atoms with E-state index in [4.69, 9.17) is 32.7 Å². The van der Waals surface area contributed by atoms with Crippen LogP contribution in [0.4, 0.5) is 0 Å². The summed E-state index contributed by atoms with van der Waals surface area (Å²) >= 11 is 11.7. The number of carbonyl (C=O) groups is 1. The smallest absolute Gasteiger partial charge is 0.181 e. The Morgan fingerprint density at radius 2 is 1.63 bits per heavy atom. The van der Waals surface area contributed by atoms with Gasteiger partial charge in [-0.1, -0.05) is 11.6 Å². The van der Waals surface area contributed by atoms with Crippen molar-refractivity contribution in [3.8, 4) is 11.5 Å². The third-order valence-electron chi connectivity index (χ3n) is 2.18. The van der Waals surface area contributed by atoms with Crippen LogP contribution in [0.25, 0.3) is 0 Å². The van der Waals surface area contributed by atoms with Crippen molar-refractivity contribution < 1.29 is 14.3 Å². The molecule has 0 saturated heterocycles. The molecule has 0 radical (unpaired) electrons. The zero-order chi connectivity index (χ0) is 14.6. The molecule has 5 heteroatoms. The van der Waals surface area contributed by atoms with Gasteiger partial charge in [-0.15, -0.1) is 11.6 Å². The lowest BCUT2D eigenvalue weighted by atomic mass is 10.1. The Balaban J connectivity index is 3.24. The summed E-state index contributed by atoms with van der Waals surface area (Å²) in [6, 6.07) is 3.18. The number of ether oxygens (including phenoxy) is 2. The molecular weight excluding hydrogens is 287 g/mol. The predicted molar refractivity (Wildman–Crippen MR) is 78.0 cm³/mol. The van der Waals surface area contributed by atoms with Gasteiger partial charge in [0, 0.05) is 6.07 Å². The number of carbonyl (C=O) groups excluding carboxylic acids is 1. The summed E-state index contributed by atoms with van der Waals surface area (Å²) in [5.74, 6) is 0.558. The van der Waals surface area contributed by atoms with Gasteiger partial charge in [-0.2, -0.15) is 0 Å². The quantitative estimate of drug-likeness (QED) is 0.579. The number of benzene rings is 1. The van der Waals surface area contributed by atoms with Crippen LogP contribution in [0.2, 0.25) is 5.02 Å². The highest BCUT2D eigenvalue weighted by molar-refractivity contribution is 6.33. The molecule has 0 aliphatic carbocycles. The maximum Gasteiger partial charge on any atom is 0.181 e. The maximum absolute atomic E-state index is 11.9. The van der Waals surface area contributed by atoms with E-state index in [-0.39, 0.29) is 23.9 Å². The zero-order valence-corrected chi connectivity index (χ0v) is 13.0. The van der Waals surface area contributed by atoms with Crippen molar-refractivity contribution in [3.05, 3.63) is 22.7 Å². The van der Waals surface area contributed by atoms with Crippen molar-refractivity contribution in [3.63, 3.8) is 0 Å². The van der Waals surface area contributed by atoms with E-state index in [0.29, 0.717) is 22.1 Å². The van der Waals surface area contributed by atoms with Gasteiger partial charge in [0.05, 0.1) is 28.7 Å². The molecule has 1 aromatic carbocycles. The van der Waals surface area contributed by atoms with Gasteiger partial charge in [0.2, 0.25) is 0 Å². The van der Waals surface area contributed by atoms with Gasteiger partial charge in [0.15, 0.2) is 5.78 Å². The van der Waals surface area contributed by atoms with Crippen molar-refractivity contribution in [2.75, 3.05) is 5.88 Å². The third-order valence-corrected chi connectivity index (χ3v) is 2.72. The number of hydrogen-bond donors (Lipinski definition) is 0.